The van der Waals surface area contributed by atoms with Gasteiger partial charge in [0.05, 0.1) is 23.9 Å². The van der Waals surface area contributed by atoms with Gasteiger partial charge in [0.15, 0.2) is 0 Å². The first-order chi connectivity index (χ1) is 18.5. The Bertz CT molecular complexity index is 1250. The number of aromatic carboxylic acids is 1. The summed E-state index contributed by atoms with van der Waals surface area (Å²) in [6, 6.07) is 11.3. The molecular formula is C31H39ClN2O4S. The fraction of sp³-hybridized carbons (Fsp3) is 0.516. The van der Waals surface area contributed by atoms with Crippen molar-refractivity contribution in [2.75, 3.05) is 24.6 Å². The van der Waals surface area contributed by atoms with Crippen LogP contribution in [0.1, 0.15) is 67.9 Å². The van der Waals surface area contributed by atoms with E-state index in [1.807, 2.05) is 32.9 Å². The first kappa shape index (κ1) is 28.3. The standard InChI is InChI=1S/C31H39ClN2O4S/c1-5-26(33-39(37)30(2,3)4)24-11-8-22(24)17-34-18-31(14-6-7-20-15-23(32)10-12-25(20)31)19-38-28-13-9-21(29(35)36)16-27(28)34/h5,9-10,12-13,15-16,22,24,26,33H,1,6-8,11,14,17-19H2,2-4H3,(H,35,36)/t22-,24+,26?,31-,39+/m0/s1. The van der Waals surface area contributed by atoms with Crippen molar-refractivity contribution >= 4 is 34.6 Å². The molecule has 1 aliphatic heterocycles. The summed E-state index contributed by atoms with van der Waals surface area (Å²) in [5.41, 5.74) is 3.43. The number of ether oxygens (including phenoxy) is 1. The van der Waals surface area contributed by atoms with E-state index >= 15 is 0 Å². The maximum absolute atomic E-state index is 12.9. The van der Waals surface area contributed by atoms with Gasteiger partial charge in [-0.25, -0.2) is 4.79 Å². The molecule has 2 N–H and O–H groups in total. The number of rotatable bonds is 7. The first-order valence-electron chi connectivity index (χ1n) is 13.9. The van der Waals surface area contributed by atoms with Gasteiger partial charge in [-0.15, -0.1) is 11.3 Å². The molecule has 2 aromatic rings. The molecule has 3 aliphatic rings. The highest BCUT2D eigenvalue weighted by atomic mass is 35.5. The fourth-order valence-corrected chi connectivity index (χ4v) is 7.50. The number of benzene rings is 2. The summed E-state index contributed by atoms with van der Waals surface area (Å²) >= 11 is 5.18. The first-order valence-corrected chi connectivity index (χ1v) is 15.4. The van der Waals surface area contributed by atoms with Crippen LogP contribution in [0.5, 0.6) is 5.75 Å². The number of carboxylic acids is 1. The number of aryl methyl sites for hydroxylation is 1. The molecule has 0 saturated heterocycles. The van der Waals surface area contributed by atoms with Gasteiger partial charge in [-0.3, -0.25) is 0 Å². The molecule has 39 heavy (non-hydrogen) atoms. The minimum Gasteiger partial charge on any atom is -0.598 e. The van der Waals surface area contributed by atoms with Gasteiger partial charge in [-0.1, -0.05) is 23.7 Å². The van der Waals surface area contributed by atoms with Gasteiger partial charge in [0.1, 0.15) is 10.5 Å². The third-order valence-corrected chi connectivity index (χ3v) is 10.6. The van der Waals surface area contributed by atoms with Crippen LogP contribution in [0.2, 0.25) is 5.02 Å². The van der Waals surface area contributed by atoms with Crippen LogP contribution in [0.25, 0.3) is 0 Å². The van der Waals surface area contributed by atoms with E-state index in [1.54, 1.807) is 18.2 Å². The molecular weight excluding hydrogens is 532 g/mol. The van der Waals surface area contributed by atoms with Gasteiger partial charge >= 0.3 is 5.97 Å². The molecule has 1 spiro atoms. The molecule has 6 nitrogen and oxygen atoms in total. The highest BCUT2D eigenvalue weighted by Crippen LogP contribution is 2.46. The van der Waals surface area contributed by atoms with Crippen molar-refractivity contribution in [3.05, 3.63) is 70.8 Å². The van der Waals surface area contributed by atoms with Crippen molar-refractivity contribution in [2.45, 2.75) is 69.1 Å². The van der Waals surface area contributed by atoms with Gasteiger partial charge in [-0.2, -0.15) is 0 Å². The summed E-state index contributed by atoms with van der Waals surface area (Å²) in [5, 5.41) is 10.5. The largest absolute Gasteiger partial charge is 0.598 e. The Morgan fingerprint density at radius 1 is 1.33 bits per heavy atom. The minimum atomic E-state index is -1.19. The third kappa shape index (κ3) is 5.69. The van der Waals surface area contributed by atoms with Gasteiger partial charge in [0.25, 0.3) is 0 Å². The lowest BCUT2D eigenvalue weighted by atomic mass is 9.68. The molecule has 8 heteroatoms. The molecule has 0 bridgehead atoms. The predicted octanol–water partition coefficient (Wildman–Crippen LogP) is 6.14. The maximum Gasteiger partial charge on any atom is 0.335 e. The number of carboxylic acid groups (broad SMARTS) is 1. The molecule has 1 unspecified atom stereocenters. The van der Waals surface area contributed by atoms with Crippen molar-refractivity contribution in [2.24, 2.45) is 11.8 Å². The number of carbonyl (C=O) groups is 1. The number of nitrogens with zero attached hydrogens (tertiary/aromatic N) is 1. The zero-order chi connectivity index (χ0) is 27.9. The molecule has 5 rings (SSSR count). The second-order valence-electron chi connectivity index (χ2n) is 12.4. The van der Waals surface area contributed by atoms with Crippen molar-refractivity contribution in [3.63, 3.8) is 0 Å². The average molecular weight is 571 g/mol. The summed E-state index contributed by atoms with van der Waals surface area (Å²) in [7, 11) is 0. The molecule has 2 aliphatic carbocycles. The Morgan fingerprint density at radius 2 is 2.13 bits per heavy atom. The minimum absolute atomic E-state index is 0.0524. The lowest BCUT2D eigenvalue weighted by Gasteiger charge is -2.46. The molecule has 0 amide bonds. The Labute approximate surface area is 240 Å². The van der Waals surface area contributed by atoms with Gasteiger partial charge in [0.2, 0.25) is 0 Å². The Morgan fingerprint density at radius 3 is 2.79 bits per heavy atom. The normalized spacial score (nSPS) is 25.9. The Kier molecular flexibility index (Phi) is 7.99. The van der Waals surface area contributed by atoms with Crippen LogP contribution < -0.4 is 14.4 Å². The number of hydrogen-bond donors (Lipinski definition) is 2. The zero-order valence-electron chi connectivity index (χ0n) is 23.0. The van der Waals surface area contributed by atoms with Crippen molar-refractivity contribution in [3.8, 4) is 5.75 Å². The Hall–Kier alpha value is -2.19. The molecule has 2 aromatic carbocycles. The fourth-order valence-electron chi connectivity index (χ4n) is 6.44. The highest BCUT2D eigenvalue weighted by molar-refractivity contribution is 7.90. The molecule has 0 aromatic heterocycles. The molecule has 210 valence electrons. The summed E-state index contributed by atoms with van der Waals surface area (Å²) in [6.07, 6.45) is 7.03. The van der Waals surface area contributed by atoms with Crippen LogP contribution in [0, 0.1) is 11.8 Å². The summed E-state index contributed by atoms with van der Waals surface area (Å²) in [5.74, 6) is 0.428. The lowest BCUT2D eigenvalue weighted by Crippen LogP contribution is -2.53. The number of fused-ring (bicyclic) bond motifs is 3. The van der Waals surface area contributed by atoms with E-state index in [2.05, 4.69) is 28.3 Å². The quantitative estimate of drug-likeness (QED) is 0.307. The zero-order valence-corrected chi connectivity index (χ0v) is 24.6. The summed E-state index contributed by atoms with van der Waals surface area (Å²) < 4.78 is 22.3. The second-order valence-corrected chi connectivity index (χ2v) is 14.8. The van der Waals surface area contributed by atoms with E-state index in [1.165, 1.54) is 11.1 Å². The van der Waals surface area contributed by atoms with Crippen molar-refractivity contribution in [1.29, 1.82) is 0 Å². The number of nitrogens with one attached hydrogen (secondary N) is 1. The molecule has 5 atom stereocenters. The number of anilines is 1. The van der Waals surface area contributed by atoms with Crippen LogP contribution in [-0.4, -0.2) is 46.1 Å². The number of halogens is 1. The SMILES string of the molecule is C=CC(N[S@+]([O-])C(C)(C)C)[C@@H]1CC[C@H]1CN1C[C@@]2(CCCc3cc(Cl)ccc32)COc2ccc(C(=O)O)cc21. The predicted molar refractivity (Wildman–Crippen MR) is 158 cm³/mol. The van der Waals surface area contributed by atoms with Gasteiger partial charge in [0, 0.05) is 34.9 Å². The summed E-state index contributed by atoms with van der Waals surface area (Å²) in [6.45, 7) is 12.0. The molecule has 1 fully saturated rings. The third-order valence-electron chi connectivity index (χ3n) is 8.73. The van der Waals surface area contributed by atoms with E-state index < -0.39 is 17.3 Å². The van der Waals surface area contributed by atoms with Crippen molar-refractivity contribution in [1.82, 2.24) is 4.72 Å². The second kappa shape index (κ2) is 11.0. The maximum atomic E-state index is 12.9. The van der Waals surface area contributed by atoms with Crippen LogP contribution >= 0.6 is 11.6 Å². The van der Waals surface area contributed by atoms with Crippen LogP contribution in [-0.2, 0) is 23.2 Å². The monoisotopic (exact) mass is 570 g/mol. The lowest BCUT2D eigenvalue weighted by molar-refractivity contribution is 0.0697. The van der Waals surface area contributed by atoms with E-state index in [0.29, 0.717) is 18.4 Å². The van der Waals surface area contributed by atoms with E-state index in [-0.39, 0.29) is 21.8 Å². The smallest absolute Gasteiger partial charge is 0.335 e. The van der Waals surface area contributed by atoms with Crippen LogP contribution in [0.4, 0.5) is 5.69 Å². The van der Waals surface area contributed by atoms with E-state index in [9.17, 15) is 14.5 Å². The average Bonchev–Trinajstić information content (AvgIpc) is 3.02. The Balaban J connectivity index is 1.47. The topological polar surface area (TPSA) is 84.9 Å². The van der Waals surface area contributed by atoms with Crippen LogP contribution in [0.3, 0.4) is 0 Å². The highest BCUT2D eigenvalue weighted by Gasteiger charge is 2.45. The van der Waals surface area contributed by atoms with Gasteiger partial charge in [-0.05, 0) is 106 Å². The van der Waals surface area contributed by atoms with Crippen molar-refractivity contribution < 1.29 is 19.2 Å². The van der Waals surface area contributed by atoms with E-state index in [0.717, 1.165) is 61.7 Å². The molecule has 1 heterocycles. The molecule has 0 radical (unpaired) electrons. The summed E-state index contributed by atoms with van der Waals surface area (Å²) in [4.78, 5) is 14.3. The van der Waals surface area contributed by atoms with E-state index in [4.69, 9.17) is 16.3 Å². The molecule has 1 saturated carbocycles. The van der Waals surface area contributed by atoms with Crippen LogP contribution in [0.15, 0.2) is 49.1 Å². The van der Waals surface area contributed by atoms with Gasteiger partial charge < -0.3 is 19.3 Å². The number of hydrogen-bond acceptors (Lipinski definition) is 5.